The van der Waals surface area contributed by atoms with Gasteiger partial charge in [0.2, 0.25) is 5.91 Å². The van der Waals surface area contributed by atoms with E-state index in [1.165, 1.54) is 44.9 Å². The molecule has 0 unspecified atom stereocenters. The molecule has 1 rings (SSSR count). The Hall–Kier alpha value is -1.84. The number of rotatable bonds is 12. The minimum Gasteiger partial charge on any atom is -0.326 e. The van der Waals surface area contributed by atoms with E-state index in [0.29, 0.717) is 17.7 Å². The predicted molar refractivity (Wildman–Crippen MR) is 94.3 cm³/mol. The van der Waals surface area contributed by atoms with Gasteiger partial charge in [-0.05, 0) is 24.6 Å². The predicted octanol–water partition coefficient (Wildman–Crippen LogP) is 4.97. The first-order valence-corrected chi connectivity index (χ1v) is 8.79. The lowest BCUT2D eigenvalue weighted by Crippen LogP contribution is -2.11. The number of carbonyl (C=O) groups excluding carboxylic acids is 2. The van der Waals surface area contributed by atoms with E-state index < -0.39 is 5.91 Å². The van der Waals surface area contributed by atoms with Crippen LogP contribution in [0.5, 0.6) is 0 Å². The Labute approximate surface area is 139 Å². The summed E-state index contributed by atoms with van der Waals surface area (Å²) in [7, 11) is 0. The monoisotopic (exact) mass is 317 g/mol. The second kappa shape index (κ2) is 11.7. The number of hydrogen-bond donors (Lipinski definition) is 1. The lowest BCUT2D eigenvalue weighted by atomic mass is 10.1. The summed E-state index contributed by atoms with van der Waals surface area (Å²) in [5, 5.41) is 2.79. The van der Waals surface area contributed by atoms with Crippen LogP contribution in [0.1, 0.15) is 81.5 Å². The van der Waals surface area contributed by atoms with Crippen LogP contribution in [0.25, 0.3) is 0 Å². The molecule has 4 heteroatoms. The van der Waals surface area contributed by atoms with Gasteiger partial charge in [0.1, 0.15) is 0 Å². The highest BCUT2D eigenvalue weighted by Gasteiger charge is 2.05. The van der Waals surface area contributed by atoms with Gasteiger partial charge < -0.3 is 5.32 Å². The molecule has 0 saturated heterocycles. The Morgan fingerprint density at radius 3 is 2.17 bits per heavy atom. The van der Waals surface area contributed by atoms with E-state index in [0.717, 1.165) is 12.8 Å². The van der Waals surface area contributed by atoms with E-state index in [2.05, 4.69) is 12.2 Å². The smallest absolute Gasteiger partial charge is 0.269 e. The second-order valence-electron chi connectivity index (χ2n) is 6.04. The molecule has 2 amide bonds. The van der Waals surface area contributed by atoms with E-state index in [9.17, 15) is 9.59 Å². The van der Waals surface area contributed by atoms with Crippen LogP contribution >= 0.6 is 0 Å². The zero-order valence-electron chi connectivity index (χ0n) is 14.2. The fraction of sp³-hybridized carbons (Fsp3) is 0.579. The van der Waals surface area contributed by atoms with E-state index in [4.69, 9.17) is 5.73 Å². The van der Waals surface area contributed by atoms with Gasteiger partial charge in [0.25, 0.3) is 5.91 Å². The van der Waals surface area contributed by atoms with Gasteiger partial charge in [-0.25, -0.2) is 0 Å². The lowest BCUT2D eigenvalue weighted by molar-refractivity contribution is -0.116. The quantitative estimate of drug-likeness (QED) is 0.553. The summed E-state index contributed by atoms with van der Waals surface area (Å²) in [6.07, 6.45) is 11.6. The Bertz CT molecular complexity index is 486. The molecular formula is C19H29N2O2. The van der Waals surface area contributed by atoms with Gasteiger partial charge in [0.05, 0.1) is 0 Å². The molecule has 0 bridgehead atoms. The van der Waals surface area contributed by atoms with Crippen molar-refractivity contribution >= 4 is 17.5 Å². The van der Waals surface area contributed by atoms with Crippen molar-refractivity contribution in [1.82, 2.24) is 5.73 Å². The molecule has 1 aromatic rings. The number of carbonyl (C=O) groups is 2. The number of unbranched alkanes of at least 4 members (excludes halogenated alkanes) is 8. The van der Waals surface area contributed by atoms with Crippen molar-refractivity contribution in [3.8, 4) is 0 Å². The molecule has 0 aliphatic heterocycles. The van der Waals surface area contributed by atoms with Crippen LogP contribution in [0.15, 0.2) is 24.3 Å². The fourth-order valence-corrected chi connectivity index (χ4v) is 2.56. The molecule has 127 valence electrons. The van der Waals surface area contributed by atoms with Crippen LogP contribution in [-0.4, -0.2) is 11.8 Å². The van der Waals surface area contributed by atoms with Gasteiger partial charge in [0.15, 0.2) is 0 Å². The van der Waals surface area contributed by atoms with Crippen molar-refractivity contribution < 1.29 is 9.59 Å². The molecule has 1 aromatic carbocycles. The highest BCUT2D eigenvalue weighted by atomic mass is 16.2. The summed E-state index contributed by atoms with van der Waals surface area (Å²) in [5.74, 6) is -0.762. The first kappa shape index (κ1) is 19.2. The van der Waals surface area contributed by atoms with E-state index in [-0.39, 0.29) is 5.91 Å². The minimum absolute atomic E-state index is 0.0254. The van der Waals surface area contributed by atoms with Crippen molar-refractivity contribution in [2.75, 3.05) is 5.32 Å². The summed E-state index contributed by atoms with van der Waals surface area (Å²) in [6.45, 7) is 2.23. The first-order chi connectivity index (χ1) is 11.1. The molecule has 0 saturated carbocycles. The third-order valence-electron chi connectivity index (χ3n) is 3.92. The van der Waals surface area contributed by atoms with Gasteiger partial charge in [-0.1, -0.05) is 64.4 Å². The van der Waals surface area contributed by atoms with Crippen molar-refractivity contribution in [3.05, 3.63) is 29.8 Å². The summed E-state index contributed by atoms with van der Waals surface area (Å²) >= 11 is 0. The van der Waals surface area contributed by atoms with Gasteiger partial charge in [0, 0.05) is 17.7 Å². The normalized spacial score (nSPS) is 10.5. The number of amides is 2. The molecule has 2 N–H and O–H groups in total. The second-order valence-corrected chi connectivity index (χ2v) is 6.04. The Balaban J connectivity index is 2.11. The van der Waals surface area contributed by atoms with Crippen molar-refractivity contribution in [1.29, 1.82) is 0 Å². The van der Waals surface area contributed by atoms with Crippen LogP contribution < -0.4 is 11.1 Å². The average molecular weight is 317 g/mol. The van der Waals surface area contributed by atoms with E-state index >= 15 is 0 Å². The third kappa shape index (κ3) is 9.01. The van der Waals surface area contributed by atoms with Crippen molar-refractivity contribution in [3.63, 3.8) is 0 Å². The molecule has 23 heavy (non-hydrogen) atoms. The van der Waals surface area contributed by atoms with Crippen LogP contribution in [0, 0.1) is 0 Å². The maximum absolute atomic E-state index is 11.9. The maximum atomic E-state index is 11.9. The SMILES string of the molecule is CCCCCCCCCCCC(=O)Nc1cccc(C([NH])=O)c1. The molecule has 0 atom stereocenters. The molecule has 0 spiro atoms. The zero-order valence-corrected chi connectivity index (χ0v) is 14.2. The number of nitrogens with one attached hydrogen (secondary N) is 2. The van der Waals surface area contributed by atoms with Crippen molar-refractivity contribution in [2.45, 2.75) is 71.1 Å². The molecule has 0 fully saturated rings. The van der Waals surface area contributed by atoms with Crippen LogP contribution in [0.4, 0.5) is 5.69 Å². The standard InChI is InChI=1S/C19H29N2O2/c1-2-3-4-5-6-7-8-9-10-14-18(22)21-17-13-11-12-16(15-17)19(20)23/h11-13,15,20H,2-10,14H2,1H3,(H,21,22). The molecule has 4 nitrogen and oxygen atoms in total. The Morgan fingerprint density at radius 1 is 0.957 bits per heavy atom. The summed E-state index contributed by atoms with van der Waals surface area (Å²) in [6, 6.07) is 6.53. The van der Waals surface area contributed by atoms with E-state index in [1.807, 2.05) is 0 Å². The highest BCUT2D eigenvalue weighted by molar-refractivity contribution is 5.95. The lowest BCUT2D eigenvalue weighted by Gasteiger charge is -2.06. The van der Waals surface area contributed by atoms with Crippen LogP contribution in [0.3, 0.4) is 0 Å². The molecule has 0 aliphatic carbocycles. The summed E-state index contributed by atoms with van der Waals surface area (Å²) < 4.78 is 0. The highest BCUT2D eigenvalue weighted by Crippen LogP contribution is 2.13. The van der Waals surface area contributed by atoms with Gasteiger partial charge in [-0.3, -0.25) is 15.3 Å². The molecule has 0 heterocycles. The third-order valence-corrected chi connectivity index (χ3v) is 3.92. The summed E-state index contributed by atoms with van der Waals surface area (Å²) in [5.41, 5.74) is 7.96. The van der Waals surface area contributed by atoms with Crippen LogP contribution in [0.2, 0.25) is 0 Å². The van der Waals surface area contributed by atoms with E-state index in [1.54, 1.807) is 24.3 Å². The number of anilines is 1. The van der Waals surface area contributed by atoms with Gasteiger partial charge >= 0.3 is 0 Å². The number of hydrogen-bond acceptors (Lipinski definition) is 2. The maximum Gasteiger partial charge on any atom is 0.269 e. The van der Waals surface area contributed by atoms with Crippen LogP contribution in [-0.2, 0) is 4.79 Å². The van der Waals surface area contributed by atoms with Gasteiger partial charge in [-0.15, -0.1) is 0 Å². The fourth-order valence-electron chi connectivity index (χ4n) is 2.56. The first-order valence-electron chi connectivity index (χ1n) is 8.79. The van der Waals surface area contributed by atoms with Gasteiger partial charge in [-0.2, -0.15) is 0 Å². The molecule has 0 aromatic heterocycles. The zero-order chi connectivity index (χ0) is 16.9. The molecule has 0 aliphatic rings. The van der Waals surface area contributed by atoms with Crippen molar-refractivity contribution in [2.24, 2.45) is 0 Å². The summed E-state index contributed by atoms with van der Waals surface area (Å²) in [4.78, 5) is 22.9. The topological polar surface area (TPSA) is 70.0 Å². The Kier molecular flexibility index (Phi) is 9.76. The largest absolute Gasteiger partial charge is 0.326 e. The molecular weight excluding hydrogens is 288 g/mol. The molecule has 1 radical (unpaired) electrons. The minimum atomic E-state index is -0.736. The number of benzene rings is 1. The average Bonchev–Trinajstić information content (AvgIpc) is 2.53. The Morgan fingerprint density at radius 2 is 1.57 bits per heavy atom.